The number of benzene rings is 1. The number of aromatic hydroxyl groups is 2. The zero-order chi connectivity index (χ0) is 10.4. The lowest BCUT2D eigenvalue weighted by Crippen LogP contribution is -1.95. The van der Waals surface area contributed by atoms with Gasteiger partial charge in [0.2, 0.25) is 0 Å². The fourth-order valence-electron chi connectivity index (χ4n) is 1.25. The Kier molecular flexibility index (Phi) is 4.26. The largest absolute Gasteiger partial charge is 0.504 e. The van der Waals surface area contributed by atoms with E-state index in [2.05, 4.69) is 0 Å². The molecule has 0 spiro atoms. The maximum absolute atomic E-state index is 9.22. The average molecular weight is 196 g/mol. The Morgan fingerprint density at radius 1 is 1.21 bits per heavy atom. The number of hydrogen-bond donors (Lipinski definition) is 2. The van der Waals surface area contributed by atoms with E-state index in [4.69, 9.17) is 9.84 Å². The molecule has 14 heavy (non-hydrogen) atoms. The smallest absolute Gasteiger partial charge is 0.157 e. The number of ether oxygens (including phenoxy) is 1. The summed E-state index contributed by atoms with van der Waals surface area (Å²) in [6.45, 7) is 3.44. The van der Waals surface area contributed by atoms with Crippen LogP contribution in [-0.4, -0.2) is 23.4 Å². The normalized spacial score (nSPS) is 10.4. The Bertz CT molecular complexity index is 284. The van der Waals surface area contributed by atoms with E-state index in [0.717, 1.165) is 31.6 Å². The quantitative estimate of drug-likeness (QED) is 0.560. The van der Waals surface area contributed by atoms with Crippen LogP contribution in [0.2, 0.25) is 0 Å². The van der Waals surface area contributed by atoms with Crippen molar-refractivity contribution < 1.29 is 14.9 Å². The van der Waals surface area contributed by atoms with E-state index in [1.807, 2.05) is 6.92 Å². The number of aryl methyl sites for hydroxylation is 1. The van der Waals surface area contributed by atoms with E-state index in [9.17, 15) is 5.11 Å². The SMILES string of the molecule is CCOCCCc1ccc(O)c(O)c1. The van der Waals surface area contributed by atoms with Gasteiger partial charge in [-0.15, -0.1) is 0 Å². The van der Waals surface area contributed by atoms with Gasteiger partial charge in [-0.1, -0.05) is 6.07 Å². The number of phenolic OH excluding ortho intramolecular Hbond substituents is 2. The van der Waals surface area contributed by atoms with Gasteiger partial charge in [-0.3, -0.25) is 0 Å². The van der Waals surface area contributed by atoms with Crippen molar-refractivity contribution in [2.45, 2.75) is 19.8 Å². The number of phenols is 2. The van der Waals surface area contributed by atoms with Crippen molar-refractivity contribution in [2.75, 3.05) is 13.2 Å². The van der Waals surface area contributed by atoms with E-state index >= 15 is 0 Å². The van der Waals surface area contributed by atoms with Crippen molar-refractivity contribution in [2.24, 2.45) is 0 Å². The van der Waals surface area contributed by atoms with Crippen LogP contribution < -0.4 is 0 Å². The predicted molar refractivity (Wildman–Crippen MR) is 54.6 cm³/mol. The molecule has 0 amide bonds. The summed E-state index contributed by atoms with van der Waals surface area (Å²) < 4.78 is 5.20. The minimum Gasteiger partial charge on any atom is -0.504 e. The lowest BCUT2D eigenvalue weighted by molar-refractivity contribution is 0.145. The highest BCUT2D eigenvalue weighted by molar-refractivity contribution is 5.40. The molecule has 0 unspecified atom stereocenters. The number of rotatable bonds is 5. The van der Waals surface area contributed by atoms with Gasteiger partial charge >= 0.3 is 0 Å². The summed E-state index contributed by atoms with van der Waals surface area (Å²) in [4.78, 5) is 0. The summed E-state index contributed by atoms with van der Waals surface area (Å²) in [7, 11) is 0. The lowest BCUT2D eigenvalue weighted by atomic mass is 10.1. The molecule has 0 bridgehead atoms. The van der Waals surface area contributed by atoms with Gasteiger partial charge in [0.15, 0.2) is 11.5 Å². The van der Waals surface area contributed by atoms with Gasteiger partial charge in [-0.05, 0) is 37.5 Å². The molecule has 0 aromatic heterocycles. The van der Waals surface area contributed by atoms with Crippen LogP contribution >= 0.6 is 0 Å². The van der Waals surface area contributed by atoms with Crippen LogP contribution in [-0.2, 0) is 11.2 Å². The third-order valence-corrected chi connectivity index (χ3v) is 2.00. The van der Waals surface area contributed by atoms with E-state index in [1.54, 1.807) is 12.1 Å². The van der Waals surface area contributed by atoms with Crippen LogP contribution in [0.25, 0.3) is 0 Å². The first kappa shape index (κ1) is 10.9. The third kappa shape index (κ3) is 3.26. The van der Waals surface area contributed by atoms with Crippen molar-refractivity contribution in [1.82, 2.24) is 0 Å². The molecule has 1 rings (SSSR count). The highest BCUT2D eigenvalue weighted by Crippen LogP contribution is 2.25. The summed E-state index contributed by atoms with van der Waals surface area (Å²) in [6.07, 6.45) is 1.78. The first-order chi connectivity index (χ1) is 6.74. The second kappa shape index (κ2) is 5.50. The molecule has 3 heteroatoms. The van der Waals surface area contributed by atoms with Crippen LogP contribution in [0.3, 0.4) is 0 Å². The van der Waals surface area contributed by atoms with Gasteiger partial charge in [0.25, 0.3) is 0 Å². The molecule has 0 saturated heterocycles. The van der Waals surface area contributed by atoms with Crippen molar-refractivity contribution in [3.63, 3.8) is 0 Å². The maximum atomic E-state index is 9.22. The molecule has 0 fully saturated rings. The topological polar surface area (TPSA) is 49.7 Å². The zero-order valence-electron chi connectivity index (χ0n) is 8.36. The Hall–Kier alpha value is -1.22. The van der Waals surface area contributed by atoms with Gasteiger partial charge in [0.1, 0.15) is 0 Å². The van der Waals surface area contributed by atoms with Gasteiger partial charge < -0.3 is 14.9 Å². The molecule has 78 valence electrons. The van der Waals surface area contributed by atoms with Crippen molar-refractivity contribution >= 4 is 0 Å². The Labute approximate surface area is 84.0 Å². The molecule has 3 nitrogen and oxygen atoms in total. The Morgan fingerprint density at radius 2 is 2.00 bits per heavy atom. The van der Waals surface area contributed by atoms with Crippen LogP contribution in [0.4, 0.5) is 0 Å². The summed E-state index contributed by atoms with van der Waals surface area (Å²) in [6, 6.07) is 4.90. The summed E-state index contributed by atoms with van der Waals surface area (Å²) in [5.41, 5.74) is 1.01. The summed E-state index contributed by atoms with van der Waals surface area (Å²) >= 11 is 0. The molecular weight excluding hydrogens is 180 g/mol. The monoisotopic (exact) mass is 196 g/mol. The molecule has 1 aromatic carbocycles. The maximum Gasteiger partial charge on any atom is 0.157 e. The molecule has 0 saturated carbocycles. The van der Waals surface area contributed by atoms with Gasteiger partial charge in [-0.25, -0.2) is 0 Å². The minimum absolute atomic E-state index is 0.0566. The van der Waals surface area contributed by atoms with Crippen LogP contribution in [0.5, 0.6) is 11.5 Å². The Morgan fingerprint density at radius 3 is 2.64 bits per heavy atom. The van der Waals surface area contributed by atoms with Crippen LogP contribution in [0.1, 0.15) is 18.9 Å². The third-order valence-electron chi connectivity index (χ3n) is 2.00. The number of hydrogen-bond acceptors (Lipinski definition) is 3. The van der Waals surface area contributed by atoms with Gasteiger partial charge in [-0.2, -0.15) is 0 Å². The van der Waals surface area contributed by atoms with E-state index in [-0.39, 0.29) is 11.5 Å². The molecule has 1 aromatic rings. The summed E-state index contributed by atoms with van der Waals surface area (Å²) in [5.74, 6) is -0.127. The highest BCUT2D eigenvalue weighted by atomic mass is 16.5. The summed E-state index contributed by atoms with van der Waals surface area (Å²) in [5, 5.41) is 18.3. The standard InChI is InChI=1S/C11H16O3/c1-2-14-7-3-4-9-5-6-10(12)11(13)8-9/h5-6,8,12-13H,2-4,7H2,1H3. The van der Waals surface area contributed by atoms with Crippen LogP contribution in [0, 0.1) is 0 Å². The zero-order valence-corrected chi connectivity index (χ0v) is 8.36. The first-order valence-electron chi connectivity index (χ1n) is 4.82. The molecule has 0 atom stereocenters. The molecule has 0 aliphatic carbocycles. The van der Waals surface area contributed by atoms with E-state index in [0.29, 0.717) is 0 Å². The van der Waals surface area contributed by atoms with E-state index < -0.39 is 0 Å². The highest BCUT2D eigenvalue weighted by Gasteiger charge is 2.00. The molecule has 0 radical (unpaired) electrons. The predicted octanol–water partition coefficient (Wildman–Crippen LogP) is 2.07. The van der Waals surface area contributed by atoms with E-state index in [1.165, 1.54) is 6.07 Å². The van der Waals surface area contributed by atoms with Gasteiger partial charge in [0.05, 0.1) is 0 Å². The van der Waals surface area contributed by atoms with Crippen molar-refractivity contribution in [3.05, 3.63) is 23.8 Å². The lowest BCUT2D eigenvalue weighted by Gasteiger charge is -2.03. The molecular formula is C11H16O3. The average Bonchev–Trinajstić information content (AvgIpc) is 2.18. The van der Waals surface area contributed by atoms with Crippen molar-refractivity contribution in [3.8, 4) is 11.5 Å². The first-order valence-corrected chi connectivity index (χ1v) is 4.82. The molecule has 0 aliphatic rings. The second-order valence-electron chi connectivity index (χ2n) is 3.12. The molecule has 2 N–H and O–H groups in total. The molecule has 0 heterocycles. The second-order valence-corrected chi connectivity index (χ2v) is 3.12. The fraction of sp³-hybridized carbons (Fsp3) is 0.455. The fourth-order valence-corrected chi connectivity index (χ4v) is 1.25. The van der Waals surface area contributed by atoms with Crippen LogP contribution in [0.15, 0.2) is 18.2 Å². The molecule has 0 aliphatic heterocycles. The van der Waals surface area contributed by atoms with Crippen molar-refractivity contribution in [1.29, 1.82) is 0 Å². The Balaban J connectivity index is 2.39. The minimum atomic E-state index is -0.0708. The van der Waals surface area contributed by atoms with Gasteiger partial charge in [0, 0.05) is 13.2 Å².